The third kappa shape index (κ3) is 2.40. The standard InChI is InChI=1S/C13H20N2O/c1-16-13-10-11(6-7-12(13)14)15-8-4-2-3-5-9-15/h6-7,10H,2-5,8-9,14H2,1H3. The van der Waals surface area contributed by atoms with Gasteiger partial charge in [0.2, 0.25) is 0 Å². The highest BCUT2D eigenvalue weighted by Gasteiger charge is 2.11. The largest absolute Gasteiger partial charge is 0.495 e. The monoisotopic (exact) mass is 220 g/mol. The summed E-state index contributed by atoms with van der Waals surface area (Å²) in [6.45, 7) is 2.29. The number of nitrogens with zero attached hydrogens (tertiary/aromatic N) is 1. The van der Waals surface area contributed by atoms with Gasteiger partial charge in [0.25, 0.3) is 0 Å². The fourth-order valence-corrected chi connectivity index (χ4v) is 2.23. The number of nitrogen functional groups attached to an aromatic ring is 1. The Labute approximate surface area is 97.2 Å². The molecule has 1 aromatic carbocycles. The van der Waals surface area contributed by atoms with Crippen molar-refractivity contribution in [1.29, 1.82) is 0 Å². The summed E-state index contributed by atoms with van der Waals surface area (Å²) >= 11 is 0. The summed E-state index contributed by atoms with van der Waals surface area (Å²) in [5.41, 5.74) is 7.76. The Balaban J connectivity index is 2.18. The summed E-state index contributed by atoms with van der Waals surface area (Å²) in [4.78, 5) is 2.43. The van der Waals surface area contributed by atoms with Crippen LogP contribution in [0.25, 0.3) is 0 Å². The van der Waals surface area contributed by atoms with E-state index in [0.29, 0.717) is 5.69 Å². The highest BCUT2D eigenvalue weighted by molar-refractivity contribution is 5.62. The van der Waals surface area contributed by atoms with Crippen molar-refractivity contribution < 1.29 is 4.74 Å². The summed E-state index contributed by atoms with van der Waals surface area (Å²) in [7, 11) is 1.66. The van der Waals surface area contributed by atoms with Gasteiger partial charge in [-0.15, -0.1) is 0 Å². The van der Waals surface area contributed by atoms with Gasteiger partial charge in [-0.1, -0.05) is 12.8 Å². The maximum absolute atomic E-state index is 5.82. The summed E-state index contributed by atoms with van der Waals surface area (Å²) in [6, 6.07) is 6.06. The molecule has 2 rings (SSSR count). The number of ether oxygens (including phenoxy) is 1. The lowest BCUT2D eigenvalue weighted by atomic mass is 10.2. The lowest BCUT2D eigenvalue weighted by Crippen LogP contribution is -2.23. The van der Waals surface area contributed by atoms with Gasteiger partial charge >= 0.3 is 0 Å². The van der Waals surface area contributed by atoms with Gasteiger partial charge in [-0.3, -0.25) is 0 Å². The quantitative estimate of drug-likeness (QED) is 0.779. The molecule has 1 fully saturated rings. The third-order valence-electron chi connectivity index (χ3n) is 3.19. The van der Waals surface area contributed by atoms with Crippen molar-refractivity contribution in [1.82, 2.24) is 0 Å². The van der Waals surface area contributed by atoms with Crippen molar-refractivity contribution in [2.75, 3.05) is 30.8 Å². The van der Waals surface area contributed by atoms with Gasteiger partial charge in [-0.05, 0) is 25.0 Å². The van der Waals surface area contributed by atoms with Gasteiger partial charge < -0.3 is 15.4 Å². The molecule has 1 aliphatic rings. The first-order chi connectivity index (χ1) is 7.81. The zero-order chi connectivity index (χ0) is 11.4. The smallest absolute Gasteiger partial charge is 0.143 e. The average molecular weight is 220 g/mol. The number of hydrogen-bond donors (Lipinski definition) is 1. The molecule has 88 valence electrons. The Kier molecular flexibility index (Phi) is 3.54. The zero-order valence-corrected chi connectivity index (χ0v) is 9.91. The predicted octanol–water partition coefficient (Wildman–Crippen LogP) is 2.66. The molecule has 0 spiro atoms. The molecule has 1 heterocycles. The number of methoxy groups -OCH3 is 1. The Morgan fingerprint density at radius 3 is 2.44 bits per heavy atom. The zero-order valence-electron chi connectivity index (χ0n) is 9.91. The predicted molar refractivity (Wildman–Crippen MR) is 68.1 cm³/mol. The van der Waals surface area contributed by atoms with E-state index in [1.807, 2.05) is 12.1 Å². The summed E-state index contributed by atoms with van der Waals surface area (Å²) in [5, 5.41) is 0. The van der Waals surface area contributed by atoms with Crippen molar-refractivity contribution in [3.63, 3.8) is 0 Å². The van der Waals surface area contributed by atoms with Crippen LogP contribution in [0.2, 0.25) is 0 Å². The molecule has 1 aromatic rings. The van der Waals surface area contributed by atoms with Crippen LogP contribution in [0.15, 0.2) is 18.2 Å². The van der Waals surface area contributed by atoms with Crippen molar-refractivity contribution in [2.24, 2.45) is 0 Å². The minimum atomic E-state index is 0.709. The second-order valence-electron chi connectivity index (χ2n) is 4.33. The van der Waals surface area contributed by atoms with Gasteiger partial charge in [0, 0.05) is 24.8 Å². The number of rotatable bonds is 2. The minimum Gasteiger partial charge on any atom is -0.495 e. The highest BCUT2D eigenvalue weighted by Crippen LogP contribution is 2.28. The van der Waals surface area contributed by atoms with E-state index in [1.165, 1.54) is 31.4 Å². The number of nitrogens with two attached hydrogens (primary N) is 1. The highest BCUT2D eigenvalue weighted by atomic mass is 16.5. The van der Waals surface area contributed by atoms with Crippen molar-refractivity contribution >= 4 is 11.4 Å². The molecular weight excluding hydrogens is 200 g/mol. The maximum atomic E-state index is 5.82. The lowest BCUT2D eigenvalue weighted by Gasteiger charge is -2.23. The molecule has 0 amide bonds. The van der Waals surface area contributed by atoms with Crippen LogP contribution in [0.3, 0.4) is 0 Å². The normalized spacial score (nSPS) is 16.9. The molecule has 0 unspecified atom stereocenters. The van der Waals surface area contributed by atoms with E-state index >= 15 is 0 Å². The molecule has 1 aliphatic heterocycles. The van der Waals surface area contributed by atoms with Gasteiger partial charge in [0.05, 0.1) is 12.8 Å². The molecule has 0 atom stereocenters. The van der Waals surface area contributed by atoms with E-state index in [0.717, 1.165) is 18.8 Å². The van der Waals surface area contributed by atoms with Crippen LogP contribution in [0.1, 0.15) is 25.7 Å². The van der Waals surface area contributed by atoms with Crippen LogP contribution in [0.4, 0.5) is 11.4 Å². The van der Waals surface area contributed by atoms with Gasteiger partial charge in [-0.2, -0.15) is 0 Å². The minimum absolute atomic E-state index is 0.709. The second kappa shape index (κ2) is 5.10. The number of hydrogen-bond acceptors (Lipinski definition) is 3. The molecular formula is C13H20N2O. The van der Waals surface area contributed by atoms with Crippen molar-refractivity contribution in [3.05, 3.63) is 18.2 Å². The second-order valence-corrected chi connectivity index (χ2v) is 4.33. The molecule has 0 bridgehead atoms. The molecule has 3 heteroatoms. The number of benzene rings is 1. The van der Waals surface area contributed by atoms with E-state index in [2.05, 4.69) is 11.0 Å². The average Bonchev–Trinajstić information content (AvgIpc) is 2.58. The maximum Gasteiger partial charge on any atom is 0.143 e. The Morgan fingerprint density at radius 1 is 1.12 bits per heavy atom. The fraction of sp³-hybridized carbons (Fsp3) is 0.538. The van der Waals surface area contributed by atoms with Gasteiger partial charge in [0.1, 0.15) is 5.75 Å². The summed E-state index contributed by atoms with van der Waals surface area (Å²) in [5.74, 6) is 0.779. The van der Waals surface area contributed by atoms with E-state index < -0.39 is 0 Å². The molecule has 3 nitrogen and oxygen atoms in total. The van der Waals surface area contributed by atoms with E-state index in [4.69, 9.17) is 10.5 Å². The first kappa shape index (κ1) is 11.1. The first-order valence-corrected chi connectivity index (χ1v) is 6.00. The molecule has 1 saturated heterocycles. The first-order valence-electron chi connectivity index (χ1n) is 6.00. The molecule has 0 aliphatic carbocycles. The van der Waals surface area contributed by atoms with Crippen LogP contribution in [0.5, 0.6) is 5.75 Å². The molecule has 16 heavy (non-hydrogen) atoms. The van der Waals surface area contributed by atoms with Crippen molar-refractivity contribution in [2.45, 2.75) is 25.7 Å². The summed E-state index contributed by atoms with van der Waals surface area (Å²) in [6.07, 6.45) is 5.27. The SMILES string of the molecule is COc1cc(N2CCCCCC2)ccc1N. The van der Waals surface area contributed by atoms with Crippen molar-refractivity contribution in [3.8, 4) is 5.75 Å². The topological polar surface area (TPSA) is 38.5 Å². The summed E-state index contributed by atoms with van der Waals surface area (Å²) < 4.78 is 5.26. The molecule has 0 radical (unpaired) electrons. The van der Waals surface area contributed by atoms with E-state index in [1.54, 1.807) is 7.11 Å². The van der Waals surface area contributed by atoms with Crippen LogP contribution in [-0.4, -0.2) is 20.2 Å². The fourth-order valence-electron chi connectivity index (χ4n) is 2.23. The Bertz CT molecular complexity index is 344. The third-order valence-corrected chi connectivity index (χ3v) is 3.19. The van der Waals surface area contributed by atoms with Gasteiger partial charge in [0.15, 0.2) is 0 Å². The molecule has 0 aromatic heterocycles. The van der Waals surface area contributed by atoms with E-state index in [-0.39, 0.29) is 0 Å². The van der Waals surface area contributed by atoms with Crippen LogP contribution < -0.4 is 15.4 Å². The lowest BCUT2D eigenvalue weighted by molar-refractivity contribution is 0.417. The molecule has 0 saturated carbocycles. The van der Waals surface area contributed by atoms with Crippen LogP contribution in [0, 0.1) is 0 Å². The van der Waals surface area contributed by atoms with Crippen LogP contribution >= 0.6 is 0 Å². The number of anilines is 2. The molecule has 2 N–H and O–H groups in total. The Morgan fingerprint density at radius 2 is 1.81 bits per heavy atom. The van der Waals surface area contributed by atoms with Crippen LogP contribution in [-0.2, 0) is 0 Å². The van der Waals surface area contributed by atoms with E-state index in [9.17, 15) is 0 Å². The Hall–Kier alpha value is -1.38. The van der Waals surface area contributed by atoms with Gasteiger partial charge in [-0.25, -0.2) is 0 Å².